The molecule has 5 atom stereocenters. The first kappa shape index (κ1) is 26.7. The smallest absolute Gasteiger partial charge is 0.124 e. The summed E-state index contributed by atoms with van der Waals surface area (Å²) in [5.41, 5.74) is 1.07. The predicted octanol–water partition coefficient (Wildman–Crippen LogP) is 4.08. The molecule has 0 aromatic heterocycles. The van der Waals surface area contributed by atoms with Crippen LogP contribution >= 0.6 is 0 Å². The molecule has 0 fully saturated rings. The average Bonchev–Trinajstić information content (AvgIpc) is 2.78. The van der Waals surface area contributed by atoms with E-state index in [1.807, 2.05) is 41.5 Å². The Balaban J connectivity index is 2.06. The van der Waals surface area contributed by atoms with Gasteiger partial charge in [0.15, 0.2) is 0 Å². The minimum atomic E-state index is -0.638. The second-order valence-electron chi connectivity index (χ2n) is 8.85. The summed E-state index contributed by atoms with van der Waals surface area (Å²) in [6.07, 6.45) is 20.9. The van der Waals surface area contributed by atoms with Gasteiger partial charge in [-0.15, -0.1) is 6.58 Å². The maximum atomic E-state index is 11.1. The third-order valence-corrected chi connectivity index (χ3v) is 6.40. The minimum absolute atomic E-state index is 0.105. The largest absolute Gasteiger partial charge is 0.391 e. The molecule has 6 heteroatoms. The van der Waals surface area contributed by atoms with Gasteiger partial charge in [0.05, 0.1) is 18.9 Å². The van der Waals surface area contributed by atoms with Crippen LogP contribution in [-0.4, -0.2) is 70.1 Å². The summed E-state index contributed by atoms with van der Waals surface area (Å²) in [6, 6.07) is 0.332. The average molecular weight is 453 g/mol. The normalized spacial score (nSPS) is 27.4. The molecule has 5 unspecified atom stereocenters. The molecule has 0 bridgehead atoms. The highest BCUT2D eigenvalue weighted by Gasteiger charge is 2.26. The summed E-state index contributed by atoms with van der Waals surface area (Å²) in [5.74, 6) is 0.575. The zero-order chi connectivity index (χ0) is 24.2. The monoisotopic (exact) mass is 452 g/mol. The number of rotatable bonds is 11. The molecule has 2 aliphatic rings. The van der Waals surface area contributed by atoms with Gasteiger partial charge in [-0.05, 0) is 51.5 Å². The fourth-order valence-electron chi connectivity index (χ4n) is 4.25. The van der Waals surface area contributed by atoms with Crippen LogP contribution in [0.5, 0.6) is 0 Å². The number of aliphatic imine (C=N–C) groups is 1. The molecule has 0 saturated heterocycles. The molecule has 0 aromatic carbocycles. The van der Waals surface area contributed by atoms with Crippen LogP contribution in [0.15, 0.2) is 78.5 Å². The summed E-state index contributed by atoms with van der Waals surface area (Å²) in [7, 11) is 0. The van der Waals surface area contributed by atoms with Gasteiger partial charge in [-0.1, -0.05) is 48.6 Å². The Bertz CT molecular complexity index is 811. The number of dihydropyridines is 1. The van der Waals surface area contributed by atoms with E-state index in [2.05, 4.69) is 44.1 Å². The number of nitrogens with zero attached hydrogens (tertiary/aromatic N) is 3. The predicted molar refractivity (Wildman–Crippen MR) is 138 cm³/mol. The molecular formula is C27H40N4O2. The Kier molecular flexibility index (Phi) is 11.2. The number of amidine groups is 1. The Morgan fingerprint density at radius 2 is 2.09 bits per heavy atom. The molecule has 33 heavy (non-hydrogen) atoms. The lowest BCUT2D eigenvalue weighted by atomic mass is 9.89. The first-order valence-electron chi connectivity index (χ1n) is 11.7. The van der Waals surface area contributed by atoms with Crippen LogP contribution in [0.2, 0.25) is 0 Å². The standard InChI is InChI=1S/C27H40N4O2/c1-5-15-30(6-2)27(28)18-23-11-8-7-9-12-25(17-23)26(33)19-31(20-32)21(3)16-24-13-10-14-29-22(24)4/h5-10,12-14,18,21-22,24-26,28,32-33H,1-2,11,15-17,19-20H2,3-4H3/b8-7-,12-9+,23-18+,28-27?. The van der Waals surface area contributed by atoms with E-state index in [0.717, 1.165) is 18.4 Å². The number of hydrogen-bond donors (Lipinski definition) is 3. The molecule has 1 heterocycles. The first-order valence-corrected chi connectivity index (χ1v) is 11.7. The van der Waals surface area contributed by atoms with E-state index in [0.29, 0.717) is 31.3 Å². The van der Waals surface area contributed by atoms with Gasteiger partial charge in [0, 0.05) is 37.2 Å². The highest BCUT2D eigenvalue weighted by atomic mass is 16.3. The molecule has 1 aliphatic carbocycles. The molecule has 1 aliphatic heterocycles. The van der Waals surface area contributed by atoms with Crippen molar-refractivity contribution in [3.63, 3.8) is 0 Å². The zero-order valence-electron chi connectivity index (χ0n) is 20.1. The number of allylic oxidation sites excluding steroid dienone is 5. The topological polar surface area (TPSA) is 83.2 Å². The molecule has 2 rings (SSSR count). The number of aliphatic hydroxyl groups is 2. The highest BCUT2D eigenvalue weighted by Crippen LogP contribution is 2.25. The van der Waals surface area contributed by atoms with Gasteiger partial charge in [-0.25, -0.2) is 0 Å². The van der Waals surface area contributed by atoms with Crippen molar-refractivity contribution in [2.45, 2.75) is 51.3 Å². The van der Waals surface area contributed by atoms with E-state index >= 15 is 0 Å². The van der Waals surface area contributed by atoms with Gasteiger partial charge < -0.3 is 15.1 Å². The Labute approximate surface area is 199 Å². The molecule has 0 saturated carbocycles. The van der Waals surface area contributed by atoms with Crippen LogP contribution < -0.4 is 0 Å². The zero-order valence-corrected chi connectivity index (χ0v) is 20.1. The summed E-state index contributed by atoms with van der Waals surface area (Å²) in [5, 5.41) is 29.5. The molecular weight excluding hydrogens is 412 g/mol. The van der Waals surface area contributed by atoms with Crippen LogP contribution in [0.25, 0.3) is 0 Å². The SMILES string of the molecule is C=CCN(C=C)C(=N)/C=C1\C/C=C\C=C\C(C(O)CN(CO)C(C)CC2C=CC=NC2C)C1. The number of aliphatic hydroxyl groups excluding tert-OH is 2. The van der Waals surface area contributed by atoms with Crippen molar-refractivity contribution in [3.05, 3.63) is 73.5 Å². The van der Waals surface area contributed by atoms with Crippen molar-refractivity contribution in [3.8, 4) is 0 Å². The van der Waals surface area contributed by atoms with Gasteiger partial charge in [-0.3, -0.25) is 15.3 Å². The van der Waals surface area contributed by atoms with Crippen LogP contribution in [0.3, 0.4) is 0 Å². The third kappa shape index (κ3) is 8.39. The lowest BCUT2D eigenvalue weighted by molar-refractivity contribution is 0.00862. The number of nitrogens with one attached hydrogen (secondary N) is 1. The molecule has 0 amide bonds. The van der Waals surface area contributed by atoms with Gasteiger partial charge in [-0.2, -0.15) is 0 Å². The quantitative estimate of drug-likeness (QED) is 0.191. The van der Waals surface area contributed by atoms with Crippen molar-refractivity contribution in [2.24, 2.45) is 16.8 Å². The summed E-state index contributed by atoms with van der Waals surface area (Å²) < 4.78 is 0. The molecule has 6 nitrogen and oxygen atoms in total. The molecule has 180 valence electrons. The van der Waals surface area contributed by atoms with E-state index < -0.39 is 6.10 Å². The van der Waals surface area contributed by atoms with Gasteiger partial charge in [0.2, 0.25) is 0 Å². The van der Waals surface area contributed by atoms with Crippen molar-refractivity contribution >= 4 is 12.1 Å². The maximum absolute atomic E-state index is 11.1. The van der Waals surface area contributed by atoms with E-state index in [9.17, 15) is 10.2 Å². The van der Waals surface area contributed by atoms with Crippen molar-refractivity contribution < 1.29 is 10.2 Å². The Morgan fingerprint density at radius 1 is 1.30 bits per heavy atom. The van der Waals surface area contributed by atoms with Crippen LogP contribution in [0, 0.1) is 17.2 Å². The lowest BCUT2D eigenvalue weighted by Gasteiger charge is -2.34. The maximum Gasteiger partial charge on any atom is 0.124 e. The lowest BCUT2D eigenvalue weighted by Crippen LogP contribution is -2.43. The second-order valence-corrected chi connectivity index (χ2v) is 8.85. The summed E-state index contributed by atoms with van der Waals surface area (Å²) in [4.78, 5) is 8.13. The fraction of sp³-hybridized carbons (Fsp3) is 0.481. The van der Waals surface area contributed by atoms with Crippen LogP contribution in [0.1, 0.15) is 33.1 Å². The minimum Gasteiger partial charge on any atom is -0.391 e. The van der Waals surface area contributed by atoms with E-state index in [4.69, 9.17) is 5.41 Å². The van der Waals surface area contributed by atoms with Crippen molar-refractivity contribution in [1.82, 2.24) is 9.80 Å². The Morgan fingerprint density at radius 3 is 2.76 bits per heavy atom. The van der Waals surface area contributed by atoms with E-state index in [-0.39, 0.29) is 24.7 Å². The summed E-state index contributed by atoms with van der Waals surface area (Å²) >= 11 is 0. The Hall–Kier alpha value is -2.54. The molecule has 0 spiro atoms. The van der Waals surface area contributed by atoms with Crippen LogP contribution in [-0.2, 0) is 0 Å². The number of hydrogen-bond acceptors (Lipinski definition) is 5. The van der Waals surface area contributed by atoms with Gasteiger partial charge in [0.25, 0.3) is 0 Å². The molecule has 3 N–H and O–H groups in total. The van der Waals surface area contributed by atoms with E-state index in [1.54, 1.807) is 17.2 Å². The van der Waals surface area contributed by atoms with E-state index in [1.165, 1.54) is 0 Å². The van der Waals surface area contributed by atoms with Crippen LogP contribution in [0.4, 0.5) is 0 Å². The first-order chi connectivity index (χ1) is 15.9. The van der Waals surface area contributed by atoms with Crippen molar-refractivity contribution in [2.75, 3.05) is 19.8 Å². The van der Waals surface area contributed by atoms with Gasteiger partial charge in [0.1, 0.15) is 5.84 Å². The van der Waals surface area contributed by atoms with Gasteiger partial charge >= 0.3 is 0 Å². The highest BCUT2D eigenvalue weighted by molar-refractivity contribution is 5.91. The molecule has 0 aromatic rings. The third-order valence-electron chi connectivity index (χ3n) is 6.40. The summed E-state index contributed by atoms with van der Waals surface area (Å²) in [6.45, 7) is 12.5. The second kappa shape index (κ2) is 13.9. The fourth-order valence-corrected chi connectivity index (χ4v) is 4.25. The van der Waals surface area contributed by atoms with Crippen molar-refractivity contribution in [1.29, 1.82) is 5.41 Å². The molecule has 0 radical (unpaired) electrons.